The number of fused-ring (bicyclic) bond motifs is 6. The number of furan rings is 2. The third-order valence-electron chi connectivity index (χ3n) is 12.7. The van der Waals surface area contributed by atoms with Gasteiger partial charge in [-0.25, -0.2) is 0 Å². The second kappa shape index (κ2) is 13.3. The summed E-state index contributed by atoms with van der Waals surface area (Å²) in [6, 6.07) is 22.5. The molecule has 0 fully saturated rings. The van der Waals surface area contributed by atoms with Crippen molar-refractivity contribution >= 4 is 81.2 Å². The minimum atomic E-state index is -2.05. The summed E-state index contributed by atoms with van der Waals surface area (Å²) in [6.45, 7) is 28.8. The lowest BCUT2D eigenvalue weighted by Crippen LogP contribution is -2.43. The fourth-order valence-electron chi connectivity index (χ4n) is 10.1. The quantitative estimate of drug-likeness (QED) is 0.0972. The van der Waals surface area contributed by atoms with Crippen LogP contribution in [-0.2, 0) is 0 Å². The van der Waals surface area contributed by atoms with Gasteiger partial charge >= 0.3 is 0 Å². The minimum absolute atomic E-state index is 0.534. The minimum Gasteiger partial charge on any atom is -0.464 e. The van der Waals surface area contributed by atoms with Crippen LogP contribution in [0, 0.1) is 22.9 Å². The molecule has 4 heteroatoms. The maximum absolute atomic E-state index is 5.91. The zero-order valence-electron chi connectivity index (χ0n) is 33.2. The summed E-state index contributed by atoms with van der Waals surface area (Å²) in [5.41, 5.74) is 15.5. The Hall–Kier alpha value is -4.23. The predicted molar refractivity (Wildman–Crippen MR) is 232 cm³/mol. The van der Waals surface area contributed by atoms with E-state index in [9.17, 15) is 0 Å². The highest BCUT2D eigenvalue weighted by molar-refractivity contribution is 6.91. The summed E-state index contributed by atoms with van der Waals surface area (Å²) in [6.07, 6.45) is 3.57. The molecule has 0 amide bonds. The Kier molecular flexibility index (Phi) is 9.26. The van der Waals surface area contributed by atoms with Crippen molar-refractivity contribution in [2.24, 2.45) is 0 Å². The van der Waals surface area contributed by atoms with Gasteiger partial charge in [0.25, 0.3) is 0 Å². The van der Waals surface area contributed by atoms with E-state index >= 15 is 0 Å². The molecular weight excluding hydrogens is 665 g/mol. The Morgan fingerprint density at radius 2 is 0.673 bits per heavy atom. The van der Waals surface area contributed by atoms with Crippen molar-refractivity contribution in [3.05, 3.63) is 84.3 Å². The van der Waals surface area contributed by atoms with Gasteiger partial charge < -0.3 is 8.83 Å². The van der Waals surface area contributed by atoms with Crippen LogP contribution in [-0.4, -0.2) is 16.1 Å². The van der Waals surface area contributed by atoms with Gasteiger partial charge in [-0.1, -0.05) is 94.9 Å². The van der Waals surface area contributed by atoms with E-state index in [4.69, 9.17) is 8.83 Å². The molecule has 0 spiro atoms. The van der Waals surface area contributed by atoms with Gasteiger partial charge in [0, 0.05) is 21.9 Å². The van der Waals surface area contributed by atoms with Gasteiger partial charge in [-0.15, -0.1) is 11.1 Å². The van der Waals surface area contributed by atoms with Gasteiger partial charge in [0.1, 0.15) is 27.3 Å². The first-order valence-corrected chi connectivity index (χ1v) is 23.9. The molecule has 0 radical (unpaired) electrons. The molecule has 0 saturated heterocycles. The Morgan fingerprint density at radius 1 is 0.385 bits per heavy atom. The van der Waals surface area contributed by atoms with Crippen LogP contribution in [0.15, 0.2) is 82.0 Å². The van der Waals surface area contributed by atoms with Crippen molar-refractivity contribution in [3.8, 4) is 22.9 Å². The van der Waals surface area contributed by atoms with E-state index in [0.29, 0.717) is 33.2 Å². The van der Waals surface area contributed by atoms with Gasteiger partial charge in [0.15, 0.2) is 0 Å². The predicted octanol–water partition coefficient (Wildman–Crippen LogP) is 14.9. The molecule has 5 aromatic carbocycles. The first kappa shape index (κ1) is 36.1. The number of rotatable bonds is 6. The summed E-state index contributed by atoms with van der Waals surface area (Å²) < 4.78 is 11.8. The maximum Gasteiger partial charge on any atom is 0.146 e. The lowest BCUT2D eigenvalue weighted by molar-refractivity contribution is 0.616. The summed E-state index contributed by atoms with van der Waals surface area (Å²) in [5, 5.41) is 11.6. The molecule has 2 heterocycles. The van der Waals surface area contributed by atoms with Crippen LogP contribution in [0.1, 0.15) is 94.2 Å². The molecule has 0 saturated carbocycles. The Balaban J connectivity index is 1.71. The van der Waals surface area contributed by atoms with Crippen molar-refractivity contribution in [1.29, 1.82) is 0 Å². The molecule has 7 aromatic rings. The molecule has 266 valence electrons. The number of hydrogen-bond acceptors (Lipinski definition) is 2. The van der Waals surface area contributed by atoms with Crippen LogP contribution in [0.25, 0.3) is 65.0 Å². The van der Waals surface area contributed by atoms with E-state index in [-0.39, 0.29) is 0 Å². The molecule has 7 rings (SSSR count). The average molecular weight is 719 g/mol. The lowest BCUT2D eigenvalue weighted by Gasteiger charge is -2.38. The van der Waals surface area contributed by atoms with Crippen LogP contribution in [0.5, 0.6) is 0 Å². The Morgan fingerprint density at radius 3 is 0.962 bits per heavy atom. The molecule has 0 aliphatic rings. The maximum atomic E-state index is 5.91. The summed E-state index contributed by atoms with van der Waals surface area (Å²) in [7, 11) is -4.10. The van der Waals surface area contributed by atoms with Crippen molar-refractivity contribution in [2.75, 3.05) is 0 Å². The van der Waals surface area contributed by atoms with E-state index < -0.39 is 16.1 Å². The van der Waals surface area contributed by atoms with Crippen LogP contribution in [0.4, 0.5) is 0 Å². The van der Waals surface area contributed by atoms with E-state index in [1.807, 2.05) is 0 Å². The van der Waals surface area contributed by atoms with Crippen LogP contribution in [0.3, 0.4) is 0 Å². The lowest BCUT2D eigenvalue weighted by atomic mass is 9.88. The highest BCUT2D eigenvalue weighted by Gasteiger charge is 2.43. The SMILES string of the molecule is CC(C)[Si](C#Cc1c2cc3cc4ccoc4cc3cc2c(C#C[Si](C(C)C)(C(C)C)C(C)C)c2cc3cc4ccoc4cc3cc12)(C(C)C)C(C)C. The van der Waals surface area contributed by atoms with Crippen LogP contribution >= 0.6 is 0 Å². The molecule has 0 aliphatic heterocycles. The van der Waals surface area contributed by atoms with Crippen LogP contribution < -0.4 is 0 Å². The average Bonchev–Trinajstić information content (AvgIpc) is 3.73. The van der Waals surface area contributed by atoms with Crippen molar-refractivity contribution < 1.29 is 8.83 Å². The first-order valence-electron chi connectivity index (χ1n) is 19.4. The highest BCUT2D eigenvalue weighted by atomic mass is 28.3. The summed E-state index contributed by atoms with van der Waals surface area (Å²) in [5.74, 6) is 7.99. The molecule has 52 heavy (non-hydrogen) atoms. The molecule has 0 aliphatic carbocycles. The Labute approximate surface area is 312 Å². The molecular formula is C48H54O2Si2. The molecule has 0 unspecified atom stereocenters. The first-order chi connectivity index (χ1) is 24.7. The summed E-state index contributed by atoms with van der Waals surface area (Å²) in [4.78, 5) is 0. The molecule has 0 atom stereocenters. The number of benzene rings is 5. The molecule has 2 nitrogen and oxygen atoms in total. The van der Waals surface area contributed by atoms with Gasteiger partial charge in [0.05, 0.1) is 12.5 Å². The molecule has 0 bridgehead atoms. The van der Waals surface area contributed by atoms with E-state index in [2.05, 4.69) is 167 Å². The van der Waals surface area contributed by atoms with E-state index in [0.717, 1.165) is 43.8 Å². The smallest absolute Gasteiger partial charge is 0.146 e. The van der Waals surface area contributed by atoms with Gasteiger partial charge in [-0.3, -0.25) is 0 Å². The standard InChI is InChI=1S/C48H54O2Si2/c1-29(2)51(30(3)4,31(5)6)19-15-41-43-23-37-21-35-13-17-50-48(35)28-40(37)26-46(43)42(16-20-52(32(7)8,33(9)10)34(11)12)44-24-38-22-36-14-18-49-47(36)27-39(38)25-45(41)44/h13-14,17-18,21-34H,1-12H3. The topological polar surface area (TPSA) is 26.3 Å². The fraction of sp³-hybridized carbons (Fsp3) is 0.375. The van der Waals surface area contributed by atoms with E-state index in [1.54, 1.807) is 12.5 Å². The van der Waals surface area contributed by atoms with Crippen molar-refractivity contribution in [1.82, 2.24) is 0 Å². The zero-order chi connectivity index (χ0) is 37.3. The molecule has 2 aromatic heterocycles. The second-order valence-electron chi connectivity index (χ2n) is 17.2. The van der Waals surface area contributed by atoms with Crippen molar-refractivity contribution in [2.45, 2.75) is 116 Å². The summed E-state index contributed by atoms with van der Waals surface area (Å²) >= 11 is 0. The van der Waals surface area contributed by atoms with Crippen molar-refractivity contribution in [3.63, 3.8) is 0 Å². The van der Waals surface area contributed by atoms with Crippen LogP contribution in [0.2, 0.25) is 33.2 Å². The van der Waals surface area contributed by atoms with Gasteiger partial charge in [0.2, 0.25) is 0 Å². The zero-order valence-corrected chi connectivity index (χ0v) is 35.2. The third-order valence-corrected chi connectivity index (χ3v) is 25.3. The number of hydrogen-bond donors (Lipinski definition) is 0. The van der Waals surface area contributed by atoms with Gasteiger partial charge in [-0.05, 0) is 137 Å². The largest absolute Gasteiger partial charge is 0.464 e. The third kappa shape index (κ3) is 5.62. The van der Waals surface area contributed by atoms with E-state index in [1.165, 1.54) is 32.3 Å². The second-order valence-corrected chi connectivity index (χ2v) is 28.3. The Bertz CT molecular complexity index is 2270. The van der Waals surface area contributed by atoms with Gasteiger partial charge in [-0.2, -0.15) is 0 Å². The highest BCUT2D eigenvalue weighted by Crippen LogP contribution is 2.44. The molecule has 0 N–H and O–H groups in total. The fourth-order valence-corrected chi connectivity index (χ4v) is 20.5. The normalized spacial score (nSPS) is 13.0. The monoisotopic (exact) mass is 718 g/mol.